The highest BCUT2D eigenvalue weighted by Gasteiger charge is 2.26. The summed E-state index contributed by atoms with van der Waals surface area (Å²) in [5, 5.41) is 19.4. The van der Waals surface area contributed by atoms with Crippen molar-refractivity contribution >= 4 is 29.4 Å². The molecule has 4 rings (SSSR count). The molecule has 1 aromatic heterocycles. The van der Waals surface area contributed by atoms with Crippen LogP contribution in [0.5, 0.6) is 0 Å². The Kier molecular flexibility index (Phi) is 5.09. The second-order valence-electron chi connectivity index (χ2n) is 6.54. The van der Waals surface area contributed by atoms with E-state index < -0.39 is 10.8 Å². The molecule has 0 aliphatic heterocycles. The molecular formula is C20H16ClN5O3. The summed E-state index contributed by atoms with van der Waals surface area (Å²) in [7, 11) is 0. The van der Waals surface area contributed by atoms with Crippen molar-refractivity contribution in [2.45, 2.75) is 19.3 Å². The van der Waals surface area contributed by atoms with Crippen molar-refractivity contribution < 1.29 is 9.72 Å². The molecule has 0 unspecified atom stereocenters. The lowest BCUT2D eigenvalue weighted by Crippen LogP contribution is -2.20. The molecule has 1 N–H and O–H groups in total. The normalized spacial score (nSPS) is 12.9. The van der Waals surface area contributed by atoms with Gasteiger partial charge in [-0.2, -0.15) is 10.2 Å². The SMILES string of the molecule is O=C(N/N=C/c1ccc(Cl)c([N+](=O)[O-])c1)c1nn(-c2ccccc2)c2c1CCC2. The molecule has 9 heteroatoms. The smallest absolute Gasteiger partial charge is 0.265 e. The summed E-state index contributed by atoms with van der Waals surface area (Å²) in [6.45, 7) is 0. The van der Waals surface area contributed by atoms with Gasteiger partial charge in [-0.3, -0.25) is 14.9 Å². The first-order valence-electron chi connectivity index (χ1n) is 8.98. The van der Waals surface area contributed by atoms with Crippen LogP contribution in [0.3, 0.4) is 0 Å². The van der Waals surface area contributed by atoms with E-state index >= 15 is 0 Å². The summed E-state index contributed by atoms with van der Waals surface area (Å²) in [6, 6.07) is 13.9. The monoisotopic (exact) mass is 409 g/mol. The number of amides is 1. The van der Waals surface area contributed by atoms with Gasteiger partial charge in [0, 0.05) is 22.9 Å². The number of nitrogens with zero attached hydrogens (tertiary/aromatic N) is 4. The Balaban J connectivity index is 1.55. The summed E-state index contributed by atoms with van der Waals surface area (Å²) >= 11 is 5.80. The number of hydrogen-bond acceptors (Lipinski definition) is 5. The van der Waals surface area contributed by atoms with Gasteiger partial charge in [0.05, 0.1) is 16.8 Å². The largest absolute Gasteiger partial charge is 0.292 e. The van der Waals surface area contributed by atoms with Gasteiger partial charge in [-0.15, -0.1) is 0 Å². The minimum absolute atomic E-state index is 0.0400. The number of benzene rings is 2. The number of para-hydroxylation sites is 1. The Labute approximate surface area is 171 Å². The van der Waals surface area contributed by atoms with Gasteiger partial charge < -0.3 is 0 Å². The van der Waals surface area contributed by atoms with Crippen LogP contribution in [0.2, 0.25) is 5.02 Å². The molecule has 2 aromatic carbocycles. The second kappa shape index (κ2) is 7.84. The number of aromatic nitrogens is 2. The molecule has 8 nitrogen and oxygen atoms in total. The van der Waals surface area contributed by atoms with Crippen molar-refractivity contribution in [1.82, 2.24) is 15.2 Å². The first-order valence-corrected chi connectivity index (χ1v) is 9.36. The van der Waals surface area contributed by atoms with Crippen molar-refractivity contribution in [3.05, 3.63) is 86.2 Å². The van der Waals surface area contributed by atoms with Crippen LogP contribution < -0.4 is 5.43 Å². The third kappa shape index (κ3) is 3.74. The number of rotatable bonds is 5. The Bertz CT molecular complexity index is 1120. The fourth-order valence-electron chi connectivity index (χ4n) is 3.37. The predicted octanol–water partition coefficient (Wildman–Crippen LogP) is 3.69. The molecule has 3 aromatic rings. The number of nitro groups is 1. The zero-order chi connectivity index (χ0) is 20.4. The predicted molar refractivity (Wildman–Crippen MR) is 109 cm³/mol. The van der Waals surface area contributed by atoms with Gasteiger partial charge in [-0.1, -0.05) is 35.9 Å². The molecule has 1 aliphatic rings. The van der Waals surface area contributed by atoms with E-state index in [9.17, 15) is 14.9 Å². The molecular weight excluding hydrogens is 394 g/mol. The summed E-state index contributed by atoms with van der Waals surface area (Å²) in [4.78, 5) is 23.0. The Hall–Kier alpha value is -3.52. The van der Waals surface area contributed by atoms with Crippen molar-refractivity contribution in [2.24, 2.45) is 5.10 Å². The van der Waals surface area contributed by atoms with Gasteiger partial charge in [0.2, 0.25) is 0 Å². The van der Waals surface area contributed by atoms with Gasteiger partial charge in [0.1, 0.15) is 5.02 Å². The molecule has 0 radical (unpaired) electrons. The lowest BCUT2D eigenvalue weighted by Gasteiger charge is -2.04. The number of carbonyl (C=O) groups is 1. The molecule has 146 valence electrons. The van der Waals surface area contributed by atoms with E-state index in [1.165, 1.54) is 18.3 Å². The highest BCUT2D eigenvalue weighted by molar-refractivity contribution is 6.32. The number of hydrogen-bond donors (Lipinski definition) is 1. The van der Waals surface area contributed by atoms with Crippen LogP contribution in [-0.2, 0) is 12.8 Å². The lowest BCUT2D eigenvalue weighted by molar-refractivity contribution is -0.384. The molecule has 29 heavy (non-hydrogen) atoms. The maximum absolute atomic E-state index is 12.6. The minimum atomic E-state index is -0.572. The second-order valence-corrected chi connectivity index (χ2v) is 6.95. The highest BCUT2D eigenvalue weighted by Crippen LogP contribution is 2.28. The van der Waals surface area contributed by atoms with Crippen LogP contribution in [-0.4, -0.2) is 26.8 Å². The number of hydrazone groups is 1. The van der Waals surface area contributed by atoms with Crippen molar-refractivity contribution in [3.8, 4) is 5.69 Å². The van der Waals surface area contributed by atoms with E-state index in [0.29, 0.717) is 11.3 Å². The molecule has 0 saturated carbocycles. The van der Waals surface area contributed by atoms with Gasteiger partial charge in [0.15, 0.2) is 5.69 Å². The number of halogens is 1. The quantitative estimate of drug-likeness (QED) is 0.394. The number of carbonyl (C=O) groups excluding carboxylic acids is 1. The van der Waals surface area contributed by atoms with Crippen LogP contribution in [0.1, 0.15) is 33.7 Å². The Morgan fingerprint density at radius 1 is 1.24 bits per heavy atom. The molecule has 1 amide bonds. The third-order valence-electron chi connectivity index (χ3n) is 4.69. The zero-order valence-corrected chi connectivity index (χ0v) is 16.0. The molecule has 0 atom stereocenters. The molecule has 1 aliphatic carbocycles. The molecule has 0 bridgehead atoms. The Morgan fingerprint density at radius 2 is 2.03 bits per heavy atom. The minimum Gasteiger partial charge on any atom is -0.265 e. The lowest BCUT2D eigenvalue weighted by atomic mass is 10.2. The van der Waals surface area contributed by atoms with E-state index in [-0.39, 0.29) is 10.7 Å². The van der Waals surface area contributed by atoms with Crippen molar-refractivity contribution in [3.63, 3.8) is 0 Å². The fraction of sp³-hybridized carbons (Fsp3) is 0.150. The van der Waals surface area contributed by atoms with Crippen LogP contribution >= 0.6 is 11.6 Å². The van der Waals surface area contributed by atoms with Gasteiger partial charge >= 0.3 is 0 Å². The van der Waals surface area contributed by atoms with Crippen LogP contribution in [0.4, 0.5) is 5.69 Å². The first kappa shape index (κ1) is 18.8. The summed E-state index contributed by atoms with van der Waals surface area (Å²) < 4.78 is 1.81. The van der Waals surface area contributed by atoms with Gasteiger partial charge in [-0.05, 0) is 37.5 Å². The molecule has 0 spiro atoms. The zero-order valence-electron chi connectivity index (χ0n) is 15.2. The standard InChI is InChI=1S/C20H16ClN5O3/c21-16-10-9-13(11-18(16)26(28)29)12-22-23-20(27)19-15-7-4-8-17(15)25(24-19)14-5-2-1-3-6-14/h1-3,5-6,9-12H,4,7-8H2,(H,23,27)/b22-12+. The van der Waals surface area contributed by atoms with E-state index in [0.717, 1.165) is 36.2 Å². The van der Waals surface area contributed by atoms with E-state index in [1.807, 2.05) is 35.0 Å². The molecule has 0 saturated heterocycles. The van der Waals surface area contributed by atoms with E-state index in [1.54, 1.807) is 6.07 Å². The maximum atomic E-state index is 12.6. The average Bonchev–Trinajstić information content (AvgIpc) is 3.32. The number of nitro benzene ring substituents is 1. The molecule has 1 heterocycles. The first-order chi connectivity index (χ1) is 14.0. The maximum Gasteiger partial charge on any atom is 0.292 e. The molecule has 0 fully saturated rings. The van der Waals surface area contributed by atoms with Crippen LogP contribution in [0, 0.1) is 10.1 Å². The van der Waals surface area contributed by atoms with Crippen molar-refractivity contribution in [1.29, 1.82) is 0 Å². The number of fused-ring (bicyclic) bond motifs is 1. The number of nitrogens with one attached hydrogen (secondary N) is 1. The highest BCUT2D eigenvalue weighted by atomic mass is 35.5. The van der Waals surface area contributed by atoms with Gasteiger partial charge in [-0.25, -0.2) is 10.1 Å². The average molecular weight is 410 g/mol. The van der Waals surface area contributed by atoms with Crippen molar-refractivity contribution in [2.75, 3.05) is 0 Å². The fourth-order valence-corrected chi connectivity index (χ4v) is 3.56. The Morgan fingerprint density at radius 3 is 2.79 bits per heavy atom. The third-order valence-corrected chi connectivity index (χ3v) is 5.01. The van der Waals surface area contributed by atoms with E-state index in [4.69, 9.17) is 11.6 Å². The van der Waals surface area contributed by atoms with Crippen LogP contribution in [0.25, 0.3) is 5.69 Å². The topological polar surface area (TPSA) is 102 Å². The van der Waals surface area contributed by atoms with Gasteiger partial charge in [0.25, 0.3) is 11.6 Å². The summed E-state index contributed by atoms with van der Waals surface area (Å²) in [5.74, 6) is -0.419. The van der Waals surface area contributed by atoms with E-state index in [2.05, 4.69) is 15.6 Å². The summed E-state index contributed by atoms with van der Waals surface area (Å²) in [6.07, 6.45) is 3.95. The summed E-state index contributed by atoms with van der Waals surface area (Å²) in [5.41, 5.74) is 5.91. The van der Waals surface area contributed by atoms with Crippen LogP contribution in [0.15, 0.2) is 53.6 Å².